The van der Waals surface area contributed by atoms with Crippen LogP contribution < -0.4 is 20.1 Å². The Morgan fingerprint density at radius 3 is 2.75 bits per heavy atom. The number of hydrogen-bond donors (Lipinski definition) is 3. The van der Waals surface area contributed by atoms with Gasteiger partial charge in [-0.25, -0.2) is 13.4 Å². The molecule has 0 aliphatic heterocycles. The predicted molar refractivity (Wildman–Crippen MR) is 112 cm³/mol. The molecule has 1 heterocycles. The Labute approximate surface area is 173 Å². The number of carbonyl (C=O) groups is 1. The first-order valence-corrected chi connectivity index (χ1v) is 11.2. The van der Waals surface area contributed by atoms with Crippen LogP contribution >= 0.6 is 23.6 Å². The SMILES string of the molecule is CCOc1ccc(CC(=O)NC(C)c2nccs2)cc1S(=O)(=O)NC(=S)NC. The van der Waals surface area contributed by atoms with Crippen LogP contribution in [0.15, 0.2) is 34.7 Å². The molecule has 1 aromatic heterocycles. The number of sulfonamides is 1. The number of amides is 1. The molecule has 1 amide bonds. The molecule has 0 fully saturated rings. The summed E-state index contributed by atoms with van der Waals surface area (Å²) in [5.74, 6) is -0.0527. The van der Waals surface area contributed by atoms with Crippen LogP contribution in [-0.4, -0.2) is 38.1 Å². The van der Waals surface area contributed by atoms with E-state index in [4.69, 9.17) is 17.0 Å². The predicted octanol–water partition coefficient (Wildman–Crippen LogP) is 1.74. The van der Waals surface area contributed by atoms with Gasteiger partial charge >= 0.3 is 0 Å². The first-order chi connectivity index (χ1) is 13.3. The molecule has 152 valence electrons. The van der Waals surface area contributed by atoms with Crippen LogP contribution in [0.2, 0.25) is 0 Å². The lowest BCUT2D eigenvalue weighted by molar-refractivity contribution is -0.121. The smallest absolute Gasteiger partial charge is 0.267 e. The molecule has 3 N–H and O–H groups in total. The maximum Gasteiger partial charge on any atom is 0.267 e. The first kappa shape index (κ1) is 22.1. The van der Waals surface area contributed by atoms with E-state index in [0.717, 1.165) is 5.01 Å². The molecule has 0 radical (unpaired) electrons. The van der Waals surface area contributed by atoms with E-state index in [1.807, 2.05) is 12.3 Å². The molecular formula is C17H22N4O4S3. The van der Waals surface area contributed by atoms with E-state index in [1.165, 1.54) is 30.5 Å². The van der Waals surface area contributed by atoms with Gasteiger partial charge in [-0.3, -0.25) is 9.52 Å². The summed E-state index contributed by atoms with van der Waals surface area (Å²) >= 11 is 6.34. The largest absolute Gasteiger partial charge is 0.492 e. The van der Waals surface area contributed by atoms with E-state index >= 15 is 0 Å². The number of ether oxygens (including phenoxy) is 1. The van der Waals surface area contributed by atoms with E-state index in [-0.39, 0.29) is 34.1 Å². The number of thiazole rings is 1. The highest BCUT2D eigenvalue weighted by Gasteiger charge is 2.22. The molecule has 1 atom stereocenters. The third-order valence-electron chi connectivity index (χ3n) is 3.62. The normalized spacial score (nSPS) is 12.1. The number of carbonyl (C=O) groups excluding carboxylic acids is 1. The van der Waals surface area contributed by atoms with Crippen molar-refractivity contribution in [2.45, 2.75) is 31.2 Å². The molecule has 0 saturated carbocycles. The van der Waals surface area contributed by atoms with E-state index in [2.05, 4.69) is 20.3 Å². The van der Waals surface area contributed by atoms with Gasteiger partial charge < -0.3 is 15.4 Å². The maximum atomic E-state index is 12.6. The van der Waals surface area contributed by atoms with Gasteiger partial charge in [0.2, 0.25) is 5.91 Å². The highest BCUT2D eigenvalue weighted by molar-refractivity contribution is 7.92. The Morgan fingerprint density at radius 2 is 2.14 bits per heavy atom. The summed E-state index contributed by atoms with van der Waals surface area (Å²) in [4.78, 5) is 16.4. The number of aromatic nitrogens is 1. The third-order valence-corrected chi connectivity index (χ3v) is 6.38. The van der Waals surface area contributed by atoms with Gasteiger partial charge in [-0.1, -0.05) is 6.07 Å². The van der Waals surface area contributed by atoms with Gasteiger partial charge in [-0.2, -0.15) is 0 Å². The number of rotatable bonds is 8. The summed E-state index contributed by atoms with van der Waals surface area (Å²) < 4.78 is 33.0. The van der Waals surface area contributed by atoms with Gasteiger partial charge in [0, 0.05) is 18.6 Å². The standard InChI is InChI=1S/C17H22N4O4S3/c1-4-25-13-6-5-12(9-14(13)28(23,24)21-17(26)18-3)10-15(22)20-11(2)16-19-7-8-27-16/h5-9,11H,4,10H2,1-3H3,(H,20,22)(H2,18,21,26). The molecule has 1 aromatic carbocycles. The van der Waals surface area contributed by atoms with Crippen molar-refractivity contribution >= 4 is 44.6 Å². The zero-order chi connectivity index (χ0) is 20.7. The lowest BCUT2D eigenvalue weighted by atomic mass is 10.1. The molecule has 0 aliphatic rings. The minimum Gasteiger partial charge on any atom is -0.492 e. The van der Waals surface area contributed by atoms with Crippen molar-refractivity contribution in [2.24, 2.45) is 0 Å². The number of benzene rings is 1. The molecule has 0 spiro atoms. The van der Waals surface area contributed by atoms with Crippen molar-refractivity contribution in [1.82, 2.24) is 20.3 Å². The fraction of sp³-hybridized carbons (Fsp3) is 0.353. The minimum absolute atomic E-state index is 0.0150. The minimum atomic E-state index is -3.96. The summed E-state index contributed by atoms with van der Waals surface area (Å²) in [6.45, 7) is 3.89. The second kappa shape index (κ2) is 9.80. The van der Waals surface area contributed by atoms with E-state index < -0.39 is 10.0 Å². The van der Waals surface area contributed by atoms with Crippen molar-refractivity contribution in [2.75, 3.05) is 13.7 Å². The van der Waals surface area contributed by atoms with Gasteiger partial charge in [0.15, 0.2) is 5.11 Å². The van der Waals surface area contributed by atoms with E-state index in [1.54, 1.807) is 19.2 Å². The van der Waals surface area contributed by atoms with Gasteiger partial charge in [0.05, 0.1) is 19.1 Å². The van der Waals surface area contributed by atoms with Crippen LogP contribution in [-0.2, 0) is 21.2 Å². The second-order valence-corrected chi connectivity index (χ2v) is 8.72. The zero-order valence-electron chi connectivity index (χ0n) is 15.7. The lowest BCUT2D eigenvalue weighted by Crippen LogP contribution is -2.37. The Morgan fingerprint density at radius 1 is 1.39 bits per heavy atom. The molecule has 28 heavy (non-hydrogen) atoms. The van der Waals surface area contributed by atoms with Gasteiger partial charge in [-0.05, 0) is 43.8 Å². The van der Waals surface area contributed by atoms with Crippen LogP contribution in [0.1, 0.15) is 30.5 Å². The van der Waals surface area contributed by atoms with Crippen LogP contribution in [0, 0.1) is 0 Å². The summed E-state index contributed by atoms with van der Waals surface area (Å²) in [6.07, 6.45) is 1.69. The van der Waals surface area contributed by atoms with Gasteiger partial charge in [0.25, 0.3) is 10.0 Å². The van der Waals surface area contributed by atoms with Crippen LogP contribution in [0.25, 0.3) is 0 Å². The maximum absolute atomic E-state index is 12.6. The molecule has 0 saturated heterocycles. The van der Waals surface area contributed by atoms with Crippen molar-refractivity contribution in [1.29, 1.82) is 0 Å². The molecule has 8 nitrogen and oxygen atoms in total. The average molecular weight is 443 g/mol. The number of thiocarbonyl (C=S) groups is 1. The van der Waals surface area contributed by atoms with Gasteiger partial charge in [-0.15, -0.1) is 11.3 Å². The van der Waals surface area contributed by atoms with Crippen molar-refractivity contribution in [3.63, 3.8) is 0 Å². The zero-order valence-corrected chi connectivity index (χ0v) is 18.1. The quantitative estimate of drug-likeness (QED) is 0.534. The number of nitrogens with zero attached hydrogens (tertiary/aromatic N) is 1. The summed E-state index contributed by atoms with van der Waals surface area (Å²) in [5, 5.41) is 8.00. The summed E-state index contributed by atoms with van der Waals surface area (Å²) in [6, 6.07) is 4.38. The second-order valence-electron chi connectivity index (χ2n) is 5.74. The van der Waals surface area contributed by atoms with E-state index in [0.29, 0.717) is 12.2 Å². The van der Waals surface area contributed by atoms with Gasteiger partial charge in [0.1, 0.15) is 15.7 Å². The Balaban J connectivity index is 2.21. The van der Waals surface area contributed by atoms with E-state index in [9.17, 15) is 13.2 Å². The fourth-order valence-electron chi connectivity index (χ4n) is 2.36. The Hall–Kier alpha value is -2.24. The first-order valence-electron chi connectivity index (χ1n) is 8.45. The van der Waals surface area contributed by atoms with Crippen molar-refractivity contribution in [3.05, 3.63) is 40.3 Å². The molecule has 2 rings (SSSR count). The molecule has 0 aliphatic carbocycles. The molecule has 0 bridgehead atoms. The van der Waals surface area contributed by atoms with Crippen LogP contribution in [0.4, 0.5) is 0 Å². The van der Waals surface area contributed by atoms with Crippen LogP contribution in [0.5, 0.6) is 5.75 Å². The molecular weight excluding hydrogens is 420 g/mol. The number of hydrogen-bond acceptors (Lipinski definition) is 7. The topological polar surface area (TPSA) is 109 Å². The highest BCUT2D eigenvalue weighted by atomic mass is 32.2. The molecule has 2 aromatic rings. The lowest BCUT2D eigenvalue weighted by Gasteiger charge is -2.15. The third kappa shape index (κ3) is 5.88. The summed E-state index contributed by atoms with van der Waals surface area (Å²) in [5.41, 5.74) is 0.531. The average Bonchev–Trinajstić information content (AvgIpc) is 3.17. The van der Waals surface area contributed by atoms with Crippen molar-refractivity contribution in [3.8, 4) is 5.75 Å². The Kier molecular flexibility index (Phi) is 7.72. The molecule has 11 heteroatoms. The molecule has 1 unspecified atom stereocenters. The summed E-state index contributed by atoms with van der Waals surface area (Å²) in [7, 11) is -2.45. The van der Waals surface area contributed by atoms with Crippen LogP contribution in [0.3, 0.4) is 0 Å². The number of nitrogens with one attached hydrogen (secondary N) is 3. The monoisotopic (exact) mass is 442 g/mol. The fourth-order valence-corrected chi connectivity index (χ4v) is 4.49. The highest BCUT2D eigenvalue weighted by Crippen LogP contribution is 2.26. The Bertz CT molecular complexity index is 930. The van der Waals surface area contributed by atoms with Crippen molar-refractivity contribution < 1.29 is 17.9 Å².